The van der Waals surface area contributed by atoms with Crippen molar-refractivity contribution < 1.29 is 19.5 Å². The number of carbonyl (C=O) groups is 3. The number of unbranched alkanes of at least 4 members (excludes halogenated alkanes) is 3. The van der Waals surface area contributed by atoms with Gasteiger partial charge in [0, 0.05) is 35.7 Å². The van der Waals surface area contributed by atoms with E-state index in [2.05, 4.69) is 17.6 Å². The van der Waals surface area contributed by atoms with Gasteiger partial charge in [-0.15, -0.1) is 11.8 Å². The average molecular weight is 570 g/mol. The van der Waals surface area contributed by atoms with E-state index in [0.717, 1.165) is 37.7 Å². The molecule has 2 bridgehead atoms. The normalized spacial score (nSPS) is 28.9. The fourth-order valence-electron chi connectivity index (χ4n) is 6.75. The summed E-state index contributed by atoms with van der Waals surface area (Å²) >= 11 is 7.72. The lowest BCUT2D eigenvalue weighted by Crippen LogP contribution is -2.55. The van der Waals surface area contributed by atoms with Gasteiger partial charge in [-0.25, -0.2) is 0 Å². The van der Waals surface area contributed by atoms with Gasteiger partial charge < -0.3 is 20.6 Å². The van der Waals surface area contributed by atoms with Gasteiger partial charge in [0.15, 0.2) is 0 Å². The minimum atomic E-state index is -0.666. The van der Waals surface area contributed by atoms with Gasteiger partial charge in [0.25, 0.3) is 0 Å². The van der Waals surface area contributed by atoms with Crippen molar-refractivity contribution in [3.05, 3.63) is 65.2 Å². The number of nitrogens with zero attached hydrogens (tertiary/aromatic N) is 1. The third kappa shape index (κ3) is 5.31. The molecule has 7 nitrogen and oxygen atoms in total. The van der Waals surface area contributed by atoms with Crippen molar-refractivity contribution in [2.75, 3.05) is 18.5 Å². The summed E-state index contributed by atoms with van der Waals surface area (Å²) in [6, 6.07) is 16.1. The van der Waals surface area contributed by atoms with Crippen LogP contribution in [0.25, 0.3) is 0 Å². The quantitative estimate of drug-likeness (QED) is 0.347. The molecular weight excluding hydrogens is 534 g/mol. The second-order valence-electron chi connectivity index (χ2n) is 10.9. The summed E-state index contributed by atoms with van der Waals surface area (Å²) in [5.41, 5.74) is 1.63. The Morgan fingerprint density at radius 3 is 2.49 bits per heavy atom. The first-order chi connectivity index (χ1) is 18.9. The smallest absolute Gasteiger partial charge is 0.248 e. The molecule has 3 N–H and O–H groups in total. The Morgan fingerprint density at radius 2 is 1.77 bits per heavy atom. The first kappa shape index (κ1) is 28.0. The standard InChI is InChI=1S/C30H36ClN3O4S/c1-19-17-23-24(27(36)32-18-20-9-5-4-6-10-20)25-29(38)34(15-7-2-3-8-16-35)26(30(19,25)39-23)28(37)33-22-13-11-21(31)12-14-22/h4-6,9-14,19,23-26,35H,2-3,7-8,15-18H2,1H3,(H,32,36)(H,33,37)/t19?,23-,24+,25+,26?,30?/m1/s1. The SMILES string of the molecule is CC1C[C@H]2SC13C(C(=O)Nc1ccc(Cl)cc1)N(CCCCCCO)C(=O)[C@@H]3[C@H]2C(=O)NCc1ccccc1. The van der Waals surface area contributed by atoms with Crippen molar-refractivity contribution in [3.63, 3.8) is 0 Å². The van der Waals surface area contributed by atoms with Crippen LogP contribution in [0.15, 0.2) is 54.6 Å². The van der Waals surface area contributed by atoms with Crippen molar-refractivity contribution in [3.8, 4) is 0 Å². The number of hydrogen-bond acceptors (Lipinski definition) is 5. The van der Waals surface area contributed by atoms with Crippen LogP contribution in [0.3, 0.4) is 0 Å². The zero-order valence-electron chi connectivity index (χ0n) is 22.1. The summed E-state index contributed by atoms with van der Waals surface area (Å²) in [6.45, 7) is 3.14. The van der Waals surface area contributed by atoms with E-state index in [1.807, 2.05) is 30.3 Å². The molecule has 208 valence electrons. The number of hydrogen-bond donors (Lipinski definition) is 3. The Kier molecular flexibility index (Phi) is 8.55. The lowest BCUT2D eigenvalue weighted by atomic mass is 9.66. The Hall–Kier alpha value is -2.55. The fraction of sp³-hybridized carbons (Fsp3) is 0.500. The van der Waals surface area contributed by atoms with E-state index in [1.54, 1.807) is 40.9 Å². The molecule has 3 aliphatic heterocycles. The van der Waals surface area contributed by atoms with Gasteiger partial charge >= 0.3 is 0 Å². The van der Waals surface area contributed by atoms with Crippen molar-refractivity contribution in [2.45, 2.75) is 61.6 Å². The molecule has 3 unspecified atom stereocenters. The van der Waals surface area contributed by atoms with Crippen LogP contribution in [0.5, 0.6) is 0 Å². The molecule has 0 aromatic heterocycles. The van der Waals surface area contributed by atoms with Gasteiger partial charge in [0.05, 0.1) is 16.6 Å². The lowest BCUT2D eigenvalue weighted by molar-refractivity contribution is -0.139. The number of likely N-dealkylation sites (tertiary alicyclic amines) is 1. The van der Waals surface area contributed by atoms with Crippen LogP contribution in [0.1, 0.15) is 44.6 Å². The number of benzene rings is 2. The van der Waals surface area contributed by atoms with Gasteiger partial charge in [0.2, 0.25) is 17.7 Å². The fourth-order valence-corrected chi connectivity index (χ4v) is 9.30. The molecular formula is C30H36ClN3O4S. The third-order valence-corrected chi connectivity index (χ3v) is 10.9. The minimum absolute atomic E-state index is 0.00209. The van der Waals surface area contributed by atoms with Gasteiger partial charge in [-0.1, -0.05) is 61.7 Å². The van der Waals surface area contributed by atoms with E-state index >= 15 is 0 Å². The highest BCUT2D eigenvalue weighted by Gasteiger charge is 2.75. The number of thioether (sulfide) groups is 1. The molecule has 2 aromatic carbocycles. The van der Waals surface area contributed by atoms with E-state index < -0.39 is 22.6 Å². The lowest BCUT2D eigenvalue weighted by Gasteiger charge is -2.38. The number of fused-ring (bicyclic) bond motifs is 1. The number of amides is 3. The topological polar surface area (TPSA) is 98.7 Å². The summed E-state index contributed by atoms with van der Waals surface area (Å²) in [7, 11) is 0. The van der Waals surface area contributed by atoms with Crippen LogP contribution in [0, 0.1) is 17.8 Å². The molecule has 0 saturated carbocycles. The highest BCUT2D eigenvalue weighted by molar-refractivity contribution is 8.02. The molecule has 0 radical (unpaired) electrons. The molecule has 3 saturated heterocycles. The molecule has 3 heterocycles. The number of aliphatic hydroxyl groups excluding tert-OH is 1. The van der Waals surface area contributed by atoms with Crippen molar-refractivity contribution in [1.29, 1.82) is 0 Å². The Balaban J connectivity index is 1.41. The average Bonchev–Trinajstić information content (AvgIpc) is 3.52. The maximum Gasteiger partial charge on any atom is 0.248 e. The summed E-state index contributed by atoms with van der Waals surface area (Å²) < 4.78 is -0.655. The number of anilines is 1. The molecule has 3 amide bonds. The van der Waals surface area contributed by atoms with Gasteiger partial charge in [-0.2, -0.15) is 0 Å². The summed E-state index contributed by atoms with van der Waals surface area (Å²) in [5, 5.41) is 15.8. The number of halogens is 1. The van der Waals surface area contributed by atoms with E-state index in [4.69, 9.17) is 16.7 Å². The number of carbonyl (C=O) groups excluding carboxylic acids is 3. The Bertz CT molecular complexity index is 1200. The monoisotopic (exact) mass is 569 g/mol. The highest BCUT2D eigenvalue weighted by Crippen LogP contribution is 2.68. The molecule has 6 atom stereocenters. The highest BCUT2D eigenvalue weighted by atomic mass is 35.5. The van der Waals surface area contributed by atoms with Crippen LogP contribution < -0.4 is 10.6 Å². The summed E-state index contributed by atoms with van der Waals surface area (Å²) in [5.74, 6) is -1.30. The number of rotatable bonds is 11. The number of nitrogens with one attached hydrogen (secondary N) is 2. The van der Waals surface area contributed by atoms with Crippen LogP contribution in [-0.4, -0.2) is 56.9 Å². The predicted molar refractivity (Wildman–Crippen MR) is 154 cm³/mol. The second-order valence-corrected chi connectivity index (χ2v) is 12.9. The van der Waals surface area contributed by atoms with E-state index in [1.165, 1.54) is 0 Å². The van der Waals surface area contributed by atoms with Crippen LogP contribution in [0.2, 0.25) is 5.02 Å². The van der Waals surface area contributed by atoms with Crippen molar-refractivity contribution >= 4 is 46.8 Å². The van der Waals surface area contributed by atoms with Crippen molar-refractivity contribution in [2.24, 2.45) is 17.8 Å². The van der Waals surface area contributed by atoms with E-state index in [-0.39, 0.29) is 35.5 Å². The zero-order chi connectivity index (χ0) is 27.6. The maximum absolute atomic E-state index is 14.1. The van der Waals surface area contributed by atoms with Crippen LogP contribution in [0.4, 0.5) is 5.69 Å². The Morgan fingerprint density at radius 1 is 1.05 bits per heavy atom. The molecule has 5 rings (SSSR count). The molecule has 3 fully saturated rings. The molecule has 0 aliphatic carbocycles. The van der Waals surface area contributed by atoms with Crippen LogP contribution >= 0.6 is 23.4 Å². The van der Waals surface area contributed by atoms with Crippen LogP contribution in [-0.2, 0) is 20.9 Å². The van der Waals surface area contributed by atoms with Gasteiger partial charge in [0.1, 0.15) is 6.04 Å². The molecule has 3 aliphatic rings. The summed E-state index contributed by atoms with van der Waals surface area (Å²) in [4.78, 5) is 43.5. The molecule has 2 aromatic rings. The van der Waals surface area contributed by atoms with Gasteiger partial charge in [-0.3, -0.25) is 14.4 Å². The Labute approximate surface area is 239 Å². The maximum atomic E-state index is 14.1. The first-order valence-corrected chi connectivity index (χ1v) is 15.1. The third-order valence-electron chi connectivity index (χ3n) is 8.53. The van der Waals surface area contributed by atoms with Crippen molar-refractivity contribution in [1.82, 2.24) is 10.2 Å². The van der Waals surface area contributed by atoms with E-state index in [0.29, 0.717) is 23.8 Å². The zero-order valence-corrected chi connectivity index (χ0v) is 23.7. The van der Waals surface area contributed by atoms with Gasteiger partial charge in [-0.05, 0) is 55.0 Å². The molecule has 1 spiro atoms. The minimum Gasteiger partial charge on any atom is -0.396 e. The summed E-state index contributed by atoms with van der Waals surface area (Å²) in [6.07, 6.45) is 3.99. The van der Waals surface area contributed by atoms with E-state index in [9.17, 15) is 14.4 Å². The molecule has 9 heteroatoms. The largest absolute Gasteiger partial charge is 0.396 e. The second kappa shape index (κ2) is 11.9. The first-order valence-electron chi connectivity index (χ1n) is 13.8. The predicted octanol–water partition coefficient (Wildman–Crippen LogP) is 4.48. The number of aliphatic hydroxyl groups is 1. The molecule has 39 heavy (non-hydrogen) atoms.